The first kappa shape index (κ1) is 20.4. The lowest BCUT2D eigenvalue weighted by atomic mass is 9.87. The first-order valence-corrected chi connectivity index (χ1v) is 11.0. The lowest BCUT2D eigenvalue weighted by Gasteiger charge is -2.45. The van der Waals surface area contributed by atoms with E-state index in [1.54, 1.807) is 6.07 Å². The second-order valence-corrected chi connectivity index (χ2v) is 9.04. The number of nitrogens with zero attached hydrogens (tertiary/aromatic N) is 3. The van der Waals surface area contributed by atoms with Crippen molar-refractivity contribution in [3.05, 3.63) is 29.1 Å². The summed E-state index contributed by atoms with van der Waals surface area (Å²) >= 11 is 0. The minimum absolute atomic E-state index is 0.0273. The van der Waals surface area contributed by atoms with Crippen molar-refractivity contribution < 1.29 is 23.5 Å². The number of piperidine rings is 1. The quantitative estimate of drug-likeness (QED) is 0.710. The van der Waals surface area contributed by atoms with Crippen LogP contribution in [0.2, 0.25) is 0 Å². The molecule has 3 aliphatic heterocycles. The van der Waals surface area contributed by atoms with E-state index in [0.29, 0.717) is 11.6 Å². The average molecular weight is 430 g/mol. The van der Waals surface area contributed by atoms with Crippen molar-refractivity contribution >= 4 is 17.7 Å². The molecular weight excluding hydrogens is 403 g/mol. The molecule has 2 saturated heterocycles. The predicted molar refractivity (Wildman–Crippen MR) is 109 cm³/mol. The van der Waals surface area contributed by atoms with Crippen molar-refractivity contribution in [2.24, 2.45) is 0 Å². The Balaban J connectivity index is 1.22. The van der Waals surface area contributed by atoms with Crippen LogP contribution in [0.25, 0.3) is 0 Å². The number of hydrogen-bond acceptors (Lipinski definition) is 6. The fourth-order valence-electron chi connectivity index (χ4n) is 4.96. The molecule has 8 nitrogen and oxygen atoms in total. The molecule has 5 rings (SSSR count). The van der Waals surface area contributed by atoms with Gasteiger partial charge in [-0.1, -0.05) is 0 Å². The third-order valence-electron chi connectivity index (χ3n) is 6.99. The zero-order chi connectivity index (χ0) is 21.7. The number of rotatable bonds is 4. The molecule has 3 heterocycles. The van der Waals surface area contributed by atoms with Crippen molar-refractivity contribution in [2.45, 2.75) is 50.4 Å². The normalized spacial score (nSPS) is 29.5. The van der Waals surface area contributed by atoms with E-state index in [-0.39, 0.29) is 48.6 Å². The molecule has 0 aromatic heterocycles. The van der Waals surface area contributed by atoms with E-state index in [1.807, 2.05) is 0 Å². The van der Waals surface area contributed by atoms with Crippen LogP contribution >= 0.6 is 0 Å². The second-order valence-electron chi connectivity index (χ2n) is 9.04. The average Bonchev–Trinajstić information content (AvgIpc) is 3.01. The number of carbonyl (C=O) groups is 3. The third kappa shape index (κ3) is 3.80. The molecule has 166 valence electrons. The topological polar surface area (TPSA) is 82.2 Å². The number of benzene rings is 1. The maximum absolute atomic E-state index is 14.7. The van der Waals surface area contributed by atoms with Gasteiger partial charge < -0.3 is 14.5 Å². The molecule has 1 aromatic rings. The van der Waals surface area contributed by atoms with Gasteiger partial charge in [0.15, 0.2) is 11.6 Å². The molecule has 1 N–H and O–H groups in total. The first-order valence-electron chi connectivity index (χ1n) is 11.0. The maximum Gasteiger partial charge on any atom is 0.255 e. The molecule has 1 aromatic carbocycles. The lowest BCUT2D eigenvalue weighted by Crippen LogP contribution is -2.55. The van der Waals surface area contributed by atoms with Crippen LogP contribution in [0.1, 0.15) is 41.6 Å². The molecule has 0 radical (unpaired) electrons. The number of carbonyl (C=O) groups excluding carboxylic acids is 3. The minimum atomic E-state index is -0.707. The zero-order valence-corrected chi connectivity index (χ0v) is 17.6. The van der Waals surface area contributed by atoms with Crippen LogP contribution in [0.3, 0.4) is 0 Å². The lowest BCUT2D eigenvalue weighted by molar-refractivity contribution is -0.136. The molecule has 0 spiro atoms. The summed E-state index contributed by atoms with van der Waals surface area (Å²) in [6, 6.07) is 2.59. The summed E-state index contributed by atoms with van der Waals surface area (Å²) in [5.41, 5.74) is 0.916. The van der Waals surface area contributed by atoms with Gasteiger partial charge in [-0.15, -0.1) is 0 Å². The first-order chi connectivity index (χ1) is 14.9. The highest BCUT2D eigenvalue weighted by molar-refractivity contribution is 6.05. The molecule has 3 fully saturated rings. The third-order valence-corrected chi connectivity index (χ3v) is 6.99. The molecule has 9 heteroatoms. The van der Waals surface area contributed by atoms with Gasteiger partial charge in [0.1, 0.15) is 12.1 Å². The summed E-state index contributed by atoms with van der Waals surface area (Å²) < 4.78 is 20.6. The Morgan fingerprint density at radius 3 is 2.55 bits per heavy atom. The van der Waals surface area contributed by atoms with E-state index >= 15 is 0 Å². The molecule has 1 saturated carbocycles. The summed E-state index contributed by atoms with van der Waals surface area (Å²) in [7, 11) is 2.13. The van der Waals surface area contributed by atoms with E-state index in [4.69, 9.17) is 4.74 Å². The SMILES string of the molecule is CN1CCN([C@H]2C[C@H](Oc3cc4c(cc3F)C(=O)N(C3CCC(=O)NC3=O)C4)C2)CC1. The molecule has 3 amide bonds. The molecule has 1 atom stereocenters. The van der Waals surface area contributed by atoms with Gasteiger partial charge >= 0.3 is 0 Å². The van der Waals surface area contributed by atoms with Crippen LogP contribution < -0.4 is 10.1 Å². The van der Waals surface area contributed by atoms with Gasteiger partial charge in [0, 0.05) is 63.6 Å². The van der Waals surface area contributed by atoms with E-state index in [0.717, 1.165) is 39.0 Å². The highest BCUT2D eigenvalue weighted by Crippen LogP contribution is 2.35. The van der Waals surface area contributed by atoms with Crippen molar-refractivity contribution in [1.82, 2.24) is 20.0 Å². The van der Waals surface area contributed by atoms with Crippen LogP contribution in [-0.4, -0.2) is 83.8 Å². The Kier molecular flexibility index (Phi) is 5.18. The summed E-state index contributed by atoms with van der Waals surface area (Å²) in [6.45, 7) is 4.46. The van der Waals surface area contributed by atoms with Gasteiger partial charge in [-0.3, -0.25) is 24.6 Å². The molecule has 31 heavy (non-hydrogen) atoms. The smallest absolute Gasteiger partial charge is 0.255 e. The van der Waals surface area contributed by atoms with Crippen LogP contribution in [-0.2, 0) is 16.1 Å². The Morgan fingerprint density at radius 2 is 1.84 bits per heavy atom. The second kappa shape index (κ2) is 7.87. The number of halogens is 1. The van der Waals surface area contributed by atoms with Crippen LogP contribution in [0.4, 0.5) is 4.39 Å². The fraction of sp³-hybridized carbons (Fsp3) is 0.591. The summed E-state index contributed by atoms with van der Waals surface area (Å²) in [4.78, 5) is 42.5. The van der Waals surface area contributed by atoms with Gasteiger partial charge in [0.25, 0.3) is 5.91 Å². The van der Waals surface area contributed by atoms with Gasteiger partial charge in [0.05, 0.1) is 0 Å². The number of ether oxygens (including phenoxy) is 1. The molecule has 1 unspecified atom stereocenters. The molecule has 0 bridgehead atoms. The Morgan fingerprint density at radius 1 is 1.10 bits per heavy atom. The van der Waals surface area contributed by atoms with Gasteiger partial charge in [0.2, 0.25) is 11.8 Å². The van der Waals surface area contributed by atoms with E-state index in [9.17, 15) is 18.8 Å². The van der Waals surface area contributed by atoms with Crippen LogP contribution in [0.15, 0.2) is 12.1 Å². The van der Waals surface area contributed by atoms with Gasteiger partial charge in [-0.25, -0.2) is 4.39 Å². The number of hydrogen-bond donors (Lipinski definition) is 1. The van der Waals surface area contributed by atoms with E-state index in [2.05, 4.69) is 22.2 Å². The molecular formula is C22H27FN4O4. The zero-order valence-electron chi connectivity index (χ0n) is 17.6. The highest BCUT2D eigenvalue weighted by atomic mass is 19.1. The molecule has 4 aliphatic rings. The van der Waals surface area contributed by atoms with Crippen molar-refractivity contribution in [3.8, 4) is 5.75 Å². The maximum atomic E-state index is 14.7. The number of likely N-dealkylation sites (N-methyl/N-ethyl adjacent to an activating group) is 1. The Bertz CT molecular complexity index is 924. The van der Waals surface area contributed by atoms with E-state index in [1.165, 1.54) is 11.0 Å². The van der Waals surface area contributed by atoms with Gasteiger partial charge in [-0.05, 0) is 31.2 Å². The van der Waals surface area contributed by atoms with Crippen LogP contribution in [0, 0.1) is 5.82 Å². The van der Waals surface area contributed by atoms with Crippen molar-refractivity contribution in [3.63, 3.8) is 0 Å². The Labute approximate surface area is 180 Å². The fourth-order valence-corrected chi connectivity index (χ4v) is 4.96. The van der Waals surface area contributed by atoms with Gasteiger partial charge in [-0.2, -0.15) is 0 Å². The molecule has 1 aliphatic carbocycles. The Hall–Kier alpha value is -2.52. The minimum Gasteiger partial charge on any atom is -0.487 e. The predicted octanol–water partition coefficient (Wildman–Crippen LogP) is 0.744. The van der Waals surface area contributed by atoms with Crippen molar-refractivity contribution in [1.29, 1.82) is 0 Å². The number of imide groups is 1. The summed E-state index contributed by atoms with van der Waals surface area (Å²) in [5.74, 6) is -1.58. The number of fused-ring (bicyclic) bond motifs is 1. The number of amides is 3. The number of piperazine rings is 1. The van der Waals surface area contributed by atoms with Crippen LogP contribution in [0.5, 0.6) is 5.75 Å². The largest absolute Gasteiger partial charge is 0.487 e. The summed E-state index contributed by atoms with van der Waals surface area (Å²) in [5, 5.41) is 2.27. The summed E-state index contributed by atoms with van der Waals surface area (Å²) in [6.07, 6.45) is 2.20. The van der Waals surface area contributed by atoms with E-state index < -0.39 is 17.8 Å². The number of nitrogens with one attached hydrogen (secondary N) is 1. The van der Waals surface area contributed by atoms with Crippen molar-refractivity contribution in [2.75, 3.05) is 33.2 Å². The monoisotopic (exact) mass is 430 g/mol. The standard InChI is InChI=1S/C22H27FN4O4/c1-25-4-6-26(7-5-25)14-9-15(10-14)31-19-8-13-12-27(22(30)16(13)11-17(19)23)18-2-3-20(28)24-21(18)29/h8,11,14-15,18H,2-7,9-10,12H2,1H3,(H,24,28,29)/t14-,15-,18?. The highest BCUT2D eigenvalue weighted by Gasteiger charge is 2.40.